The van der Waals surface area contributed by atoms with E-state index in [0.29, 0.717) is 6.42 Å². The first kappa shape index (κ1) is 10.5. The third-order valence-corrected chi connectivity index (χ3v) is 2.47. The Labute approximate surface area is 80.1 Å². The molecule has 1 aliphatic carbocycles. The highest BCUT2D eigenvalue weighted by Gasteiger charge is 2.23. The summed E-state index contributed by atoms with van der Waals surface area (Å²) in [7, 11) is 0. The summed E-state index contributed by atoms with van der Waals surface area (Å²) in [5.74, 6) is 0.709. The molecule has 1 saturated carbocycles. The Hall–Kier alpha value is -0.570. The molecule has 0 bridgehead atoms. The minimum atomic E-state index is -0.232. The molecule has 3 nitrogen and oxygen atoms in total. The fraction of sp³-hybridized carbons (Fsp3) is 0.900. The summed E-state index contributed by atoms with van der Waals surface area (Å²) in [5.41, 5.74) is 5.01. The summed E-state index contributed by atoms with van der Waals surface area (Å²) in [6, 6.07) is 0. The zero-order valence-corrected chi connectivity index (χ0v) is 8.60. The van der Waals surface area contributed by atoms with Crippen LogP contribution in [-0.2, 0) is 4.79 Å². The summed E-state index contributed by atoms with van der Waals surface area (Å²) < 4.78 is 0. The highest BCUT2D eigenvalue weighted by atomic mass is 16.1. The van der Waals surface area contributed by atoms with Gasteiger partial charge in [0.25, 0.3) is 0 Å². The minimum Gasteiger partial charge on any atom is -0.370 e. The number of amides is 1. The molecule has 0 spiro atoms. The van der Waals surface area contributed by atoms with E-state index in [1.807, 2.05) is 13.8 Å². The van der Waals surface area contributed by atoms with Crippen molar-refractivity contribution in [2.75, 3.05) is 6.54 Å². The molecule has 3 heteroatoms. The van der Waals surface area contributed by atoms with E-state index in [4.69, 9.17) is 5.73 Å². The number of hydrogen-bond donors (Lipinski definition) is 2. The van der Waals surface area contributed by atoms with Gasteiger partial charge in [-0.2, -0.15) is 0 Å². The molecule has 0 aromatic carbocycles. The van der Waals surface area contributed by atoms with E-state index in [1.165, 1.54) is 19.3 Å². The minimum absolute atomic E-state index is 0.138. The molecule has 13 heavy (non-hydrogen) atoms. The molecule has 1 amide bonds. The number of carbonyl (C=O) groups excluding carboxylic acids is 1. The predicted molar refractivity (Wildman–Crippen MR) is 53.2 cm³/mol. The first-order valence-corrected chi connectivity index (χ1v) is 5.03. The molecule has 0 atom stereocenters. The van der Waals surface area contributed by atoms with Crippen LogP contribution < -0.4 is 11.1 Å². The van der Waals surface area contributed by atoms with E-state index < -0.39 is 0 Å². The highest BCUT2D eigenvalue weighted by molar-refractivity contribution is 5.74. The fourth-order valence-electron chi connectivity index (χ4n) is 1.52. The molecule has 0 unspecified atom stereocenters. The molecule has 0 radical (unpaired) electrons. The zero-order chi connectivity index (χ0) is 9.90. The first-order chi connectivity index (χ1) is 5.99. The van der Waals surface area contributed by atoms with Gasteiger partial charge in [0.05, 0.1) is 0 Å². The van der Waals surface area contributed by atoms with Crippen LogP contribution in [0.15, 0.2) is 0 Å². The largest absolute Gasteiger partial charge is 0.370 e. The third-order valence-electron chi connectivity index (χ3n) is 2.47. The molecule has 0 saturated heterocycles. The van der Waals surface area contributed by atoms with Crippen LogP contribution in [0.2, 0.25) is 0 Å². The van der Waals surface area contributed by atoms with Crippen LogP contribution in [0.4, 0.5) is 0 Å². The third kappa shape index (κ3) is 4.88. The van der Waals surface area contributed by atoms with Gasteiger partial charge in [0.2, 0.25) is 5.91 Å². The van der Waals surface area contributed by atoms with Gasteiger partial charge in [-0.25, -0.2) is 0 Å². The van der Waals surface area contributed by atoms with Gasteiger partial charge in [-0.3, -0.25) is 4.79 Å². The fourth-order valence-corrected chi connectivity index (χ4v) is 1.52. The van der Waals surface area contributed by atoms with Crippen LogP contribution in [0.3, 0.4) is 0 Å². The zero-order valence-electron chi connectivity index (χ0n) is 8.60. The lowest BCUT2D eigenvalue weighted by Crippen LogP contribution is -2.43. The lowest BCUT2D eigenvalue weighted by molar-refractivity contribution is -0.119. The van der Waals surface area contributed by atoms with Crippen LogP contribution >= 0.6 is 0 Å². The molecular weight excluding hydrogens is 164 g/mol. The monoisotopic (exact) mass is 184 g/mol. The van der Waals surface area contributed by atoms with Crippen LogP contribution in [-0.4, -0.2) is 18.0 Å². The first-order valence-electron chi connectivity index (χ1n) is 5.03. The van der Waals surface area contributed by atoms with Crippen molar-refractivity contribution in [3.63, 3.8) is 0 Å². The second-order valence-electron chi connectivity index (χ2n) is 4.69. The molecule has 1 fully saturated rings. The molecule has 76 valence electrons. The molecule has 1 aliphatic rings. The summed E-state index contributed by atoms with van der Waals surface area (Å²) in [4.78, 5) is 10.7. The molecule has 0 aromatic rings. The number of hydrogen-bond acceptors (Lipinski definition) is 2. The van der Waals surface area contributed by atoms with Gasteiger partial charge < -0.3 is 11.1 Å². The average molecular weight is 184 g/mol. The van der Waals surface area contributed by atoms with E-state index in [1.54, 1.807) is 0 Å². The second kappa shape index (κ2) is 4.09. The molecule has 0 heterocycles. The lowest BCUT2D eigenvalue weighted by atomic mass is 10.00. The van der Waals surface area contributed by atoms with Crippen LogP contribution in [0.5, 0.6) is 0 Å². The van der Waals surface area contributed by atoms with Crippen molar-refractivity contribution < 1.29 is 4.79 Å². The quantitative estimate of drug-likeness (QED) is 0.648. The molecule has 0 aliphatic heterocycles. The van der Waals surface area contributed by atoms with Crippen molar-refractivity contribution in [2.24, 2.45) is 11.7 Å². The molecule has 3 N–H and O–H groups in total. The Morgan fingerprint density at radius 1 is 1.54 bits per heavy atom. The Morgan fingerprint density at radius 3 is 2.62 bits per heavy atom. The Morgan fingerprint density at radius 2 is 2.15 bits per heavy atom. The van der Waals surface area contributed by atoms with Crippen molar-refractivity contribution in [3.05, 3.63) is 0 Å². The van der Waals surface area contributed by atoms with E-state index in [2.05, 4.69) is 5.32 Å². The highest BCUT2D eigenvalue weighted by Crippen LogP contribution is 2.31. The number of nitrogens with one attached hydrogen (secondary N) is 1. The number of rotatable bonds is 6. The van der Waals surface area contributed by atoms with E-state index >= 15 is 0 Å². The molecule has 0 aromatic heterocycles. The van der Waals surface area contributed by atoms with Gasteiger partial charge in [0.15, 0.2) is 0 Å². The number of carbonyl (C=O) groups is 1. The predicted octanol–water partition coefficient (Wildman–Crippen LogP) is 1.03. The SMILES string of the molecule is CC(C)(CC(N)=O)NCCC1CC1. The number of nitrogens with two attached hydrogens (primary N) is 1. The summed E-state index contributed by atoms with van der Waals surface area (Å²) in [5, 5.41) is 3.36. The lowest BCUT2D eigenvalue weighted by Gasteiger charge is -2.24. The van der Waals surface area contributed by atoms with Crippen LogP contribution in [0.1, 0.15) is 39.5 Å². The van der Waals surface area contributed by atoms with Crippen molar-refractivity contribution in [2.45, 2.75) is 45.1 Å². The van der Waals surface area contributed by atoms with E-state index in [9.17, 15) is 4.79 Å². The standard InChI is InChI=1S/C10H20N2O/c1-10(2,7-9(11)13)12-6-5-8-3-4-8/h8,12H,3-7H2,1-2H3,(H2,11,13). The second-order valence-corrected chi connectivity index (χ2v) is 4.69. The Kier molecular flexibility index (Phi) is 3.31. The van der Waals surface area contributed by atoms with Gasteiger partial charge in [-0.15, -0.1) is 0 Å². The van der Waals surface area contributed by atoms with E-state index in [0.717, 1.165) is 12.5 Å². The van der Waals surface area contributed by atoms with Crippen molar-refractivity contribution in [3.8, 4) is 0 Å². The normalized spacial score (nSPS) is 17.4. The maximum atomic E-state index is 10.7. The average Bonchev–Trinajstić information content (AvgIpc) is 2.67. The van der Waals surface area contributed by atoms with Crippen molar-refractivity contribution in [1.29, 1.82) is 0 Å². The summed E-state index contributed by atoms with van der Waals surface area (Å²) >= 11 is 0. The topological polar surface area (TPSA) is 55.1 Å². The van der Waals surface area contributed by atoms with Gasteiger partial charge in [-0.1, -0.05) is 12.8 Å². The molecular formula is C10H20N2O. The summed E-state index contributed by atoms with van der Waals surface area (Å²) in [6.07, 6.45) is 4.43. The van der Waals surface area contributed by atoms with Crippen LogP contribution in [0.25, 0.3) is 0 Å². The van der Waals surface area contributed by atoms with Crippen molar-refractivity contribution >= 4 is 5.91 Å². The smallest absolute Gasteiger partial charge is 0.219 e. The van der Waals surface area contributed by atoms with E-state index in [-0.39, 0.29) is 11.4 Å². The van der Waals surface area contributed by atoms with Gasteiger partial charge in [0, 0.05) is 12.0 Å². The number of primary amides is 1. The Bertz CT molecular complexity index is 185. The summed E-state index contributed by atoms with van der Waals surface area (Å²) in [6.45, 7) is 5.04. The van der Waals surface area contributed by atoms with Gasteiger partial charge >= 0.3 is 0 Å². The van der Waals surface area contributed by atoms with Crippen LogP contribution in [0, 0.1) is 5.92 Å². The maximum Gasteiger partial charge on any atom is 0.219 e. The maximum absolute atomic E-state index is 10.7. The van der Waals surface area contributed by atoms with Gasteiger partial charge in [0.1, 0.15) is 0 Å². The molecule has 1 rings (SSSR count). The van der Waals surface area contributed by atoms with Gasteiger partial charge in [-0.05, 0) is 32.7 Å². The Balaban J connectivity index is 2.11. The van der Waals surface area contributed by atoms with Crippen molar-refractivity contribution in [1.82, 2.24) is 5.32 Å².